The zero-order valence-corrected chi connectivity index (χ0v) is 19.1. The Balaban J connectivity index is 1.77. The maximum atomic E-state index is 12.9. The summed E-state index contributed by atoms with van der Waals surface area (Å²) in [6, 6.07) is 15.4. The molecule has 160 valence electrons. The molecule has 3 aromatic rings. The molecule has 1 spiro atoms. The second kappa shape index (κ2) is 7.33. The average Bonchev–Trinajstić information content (AvgIpc) is 2.99. The maximum absolute atomic E-state index is 12.9. The molecule has 0 radical (unpaired) electrons. The lowest BCUT2D eigenvalue weighted by Crippen LogP contribution is -2.33. The van der Waals surface area contributed by atoms with Gasteiger partial charge in [0.05, 0.1) is 5.56 Å². The van der Waals surface area contributed by atoms with Crippen LogP contribution in [0.2, 0.25) is 0 Å². The van der Waals surface area contributed by atoms with Crippen molar-refractivity contribution in [2.24, 2.45) is 0 Å². The summed E-state index contributed by atoms with van der Waals surface area (Å²) in [5.41, 5.74) is 1.06. The summed E-state index contributed by atoms with van der Waals surface area (Å²) < 4.78 is 23.5. The van der Waals surface area contributed by atoms with Gasteiger partial charge in [-0.25, -0.2) is 4.79 Å². The van der Waals surface area contributed by atoms with E-state index in [0.29, 0.717) is 33.8 Å². The summed E-state index contributed by atoms with van der Waals surface area (Å²) >= 11 is 2.14. The molecule has 2 aliphatic heterocycles. The summed E-state index contributed by atoms with van der Waals surface area (Å²) in [6.45, 7) is 2.61. The number of rotatable bonds is 2. The van der Waals surface area contributed by atoms with Crippen LogP contribution in [0.5, 0.6) is 23.0 Å². The van der Waals surface area contributed by atoms with E-state index in [4.69, 9.17) is 18.9 Å². The Hall–Kier alpha value is -3.40. The Labute approximate surface area is 196 Å². The lowest BCUT2D eigenvalue weighted by molar-refractivity contribution is -0.132. The highest BCUT2D eigenvalue weighted by Gasteiger charge is 2.53. The number of hydrogen-bond donors (Lipinski definition) is 0. The van der Waals surface area contributed by atoms with Crippen molar-refractivity contribution in [1.82, 2.24) is 0 Å². The van der Waals surface area contributed by atoms with Crippen LogP contribution >= 0.6 is 22.6 Å². The molecule has 0 bridgehead atoms. The largest absolute Gasteiger partial charge is 0.456 e. The SMILES string of the molecule is CC(=O)Oc1ccc2c(c1)Oc1cc(OC(C)=O)ccc1C21OC(=O)c2cc(I)ccc21. The summed E-state index contributed by atoms with van der Waals surface area (Å²) in [4.78, 5) is 35.8. The third kappa shape index (κ3) is 3.13. The lowest BCUT2D eigenvalue weighted by Gasteiger charge is -2.36. The van der Waals surface area contributed by atoms with Crippen molar-refractivity contribution in [2.45, 2.75) is 19.4 Å². The fourth-order valence-electron chi connectivity index (χ4n) is 4.12. The maximum Gasteiger partial charge on any atom is 0.340 e. The first-order valence-electron chi connectivity index (χ1n) is 9.65. The molecule has 0 amide bonds. The van der Waals surface area contributed by atoms with E-state index in [-0.39, 0.29) is 11.5 Å². The van der Waals surface area contributed by atoms with Gasteiger partial charge in [-0.2, -0.15) is 0 Å². The monoisotopic (exact) mass is 542 g/mol. The van der Waals surface area contributed by atoms with Crippen LogP contribution in [0, 0.1) is 3.57 Å². The van der Waals surface area contributed by atoms with Crippen LogP contribution in [0.15, 0.2) is 54.6 Å². The molecule has 0 unspecified atom stereocenters. The van der Waals surface area contributed by atoms with Crippen molar-refractivity contribution in [3.63, 3.8) is 0 Å². The smallest absolute Gasteiger partial charge is 0.340 e. The molecular weight excluding hydrogens is 527 g/mol. The van der Waals surface area contributed by atoms with Gasteiger partial charge in [-0.15, -0.1) is 0 Å². The van der Waals surface area contributed by atoms with Gasteiger partial charge in [0.15, 0.2) is 5.60 Å². The van der Waals surface area contributed by atoms with E-state index in [2.05, 4.69) is 22.6 Å². The minimum Gasteiger partial charge on any atom is -0.456 e. The third-order valence-electron chi connectivity index (χ3n) is 5.23. The molecule has 32 heavy (non-hydrogen) atoms. The zero-order chi connectivity index (χ0) is 22.6. The molecule has 0 saturated carbocycles. The molecule has 8 heteroatoms. The van der Waals surface area contributed by atoms with Crippen molar-refractivity contribution in [2.75, 3.05) is 0 Å². The Morgan fingerprint density at radius 2 is 1.34 bits per heavy atom. The third-order valence-corrected chi connectivity index (χ3v) is 5.91. The number of benzene rings is 3. The van der Waals surface area contributed by atoms with Crippen LogP contribution in [0.4, 0.5) is 0 Å². The van der Waals surface area contributed by atoms with Gasteiger partial charge in [-0.1, -0.05) is 6.07 Å². The first-order chi connectivity index (χ1) is 15.3. The fraction of sp³-hybridized carbons (Fsp3) is 0.125. The Kier molecular flexibility index (Phi) is 4.70. The van der Waals surface area contributed by atoms with Gasteiger partial charge >= 0.3 is 17.9 Å². The summed E-state index contributed by atoms with van der Waals surface area (Å²) in [5, 5.41) is 0. The van der Waals surface area contributed by atoms with E-state index in [0.717, 1.165) is 3.57 Å². The van der Waals surface area contributed by atoms with Crippen LogP contribution in [-0.4, -0.2) is 17.9 Å². The van der Waals surface area contributed by atoms with Crippen LogP contribution in [0.1, 0.15) is 40.9 Å². The topological polar surface area (TPSA) is 88.1 Å². The van der Waals surface area contributed by atoms with Crippen LogP contribution in [0.3, 0.4) is 0 Å². The molecular formula is C24H15IO7. The van der Waals surface area contributed by atoms with Gasteiger partial charge in [0, 0.05) is 46.2 Å². The van der Waals surface area contributed by atoms with E-state index in [1.165, 1.54) is 13.8 Å². The fourth-order valence-corrected chi connectivity index (χ4v) is 4.61. The van der Waals surface area contributed by atoms with Gasteiger partial charge in [0.1, 0.15) is 23.0 Å². The number of esters is 3. The zero-order valence-electron chi connectivity index (χ0n) is 16.9. The van der Waals surface area contributed by atoms with E-state index in [1.807, 2.05) is 12.1 Å². The lowest BCUT2D eigenvalue weighted by atomic mass is 9.77. The van der Waals surface area contributed by atoms with Gasteiger partial charge in [-0.3, -0.25) is 9.59 Å². The van der Waals surface area contributed by atoms with Crippen molar-refractivity contribution < 1.29 is 33.3 Å². The molecule has 0 saturated heterocycles. The van der Waals surface area contributed by atoms with Crippen molar-refractivity contribution in [3.05, 3.63) is 80.4 Å². The van der Waals surface area contributed by atoms with Crippen molar-refractivity contribution >= 4 is 40.5 Å². The van der Waals surface area contributed by atoms with Crippen LogP contribution in [-0.2, 0) is 19.9 Å². The van der Waals surface area contributed by atoms with Crippen molar-refractivity contribution in [3.8, 4) is 23.0 Å². The van der Waals surface area contributed by atoms with E-state index in [1.54, 1.807) is 42.5 Å². The number of ether oxygens (including phenoxy) is 4. The predicted octanol–water partition coefficient (Wildman–Crippen LogP) is 4.71. The predicted molar refractivity (Wildman–Crippen MR) is 120 cm³/mol. The molecule has 0 N–H and O–H groups in total. The number of halogens is 1. The molecule has 3 aromatic carbocycles. The van der Waals surface area contributed by atoms with Crippen LogP contribution < -0.4 is 14.2 Å². The average molecular weight is 542 g/mol. The first kappa shape index (κ1) is 20.5. The highest BCUT2D eigenvalue weighted by molar-refractivity contribution is 14.1. The Morgan fingerprint density at radius 1 is 0.812 bits per heavy atom. The molecule has 5 rings (SSSR count). The standard InChI is InChI=1S/C24H15IO7/c1-12(26)29-15-4-7-19-21(10-15)31-22-11-16(30-13(2)27)5-8-20(22)24(19)18-6-3-14(25)9-17(18)23(28)32-24/h3-11H,1-2H3. The normalized spacial score (nSPS) is 14.5. The summed E-state index contributed by atoms with van der Waals surface area (Å²) in [5.74, 6) is -0.104. The number of hydrogen-bond acceptors (Lipinski definition) is 7. The van der Waals surface area contributed by atoms with E-state index < -0.39 is 23.5 Å². The van der Waals surface area contributed by atoms with Crippen molar-refractivity contribution in [1.29, 1.82) is 0 Å². The molecule has 7 nitrogen and oxygen atoms in total. The highest BCUT2D eigenvalue weighted by Crippen LogP contribution is 2.57. The van der Waals surface area contributed by atoms with Gasteiger partial charge in [-0.05, 0) is 59.0 Å². The molecule has 0 aromatic heterocycles. The number of carbonyl (C=O) groups excluding carboxylic acids is 3. The second-order valence-electron chi connectivity index (χ2n) is 7.37. The van der Waals surface area contributed by atoms with Crippen LogP contribution in [0.25, 0.3) is 0 Å². The number of fused-ring (bicyclic) bond motifs is 6. The molecule has 2 heterocycles. The Bertz CT molecular complexity index is 1260. The van der Waals surface area contributed by atoms with Gasteiger partial charge in [0.25, 0.3) is 0 Å². The minimum absolute atomic E-state index is 0.290. The minimum atomic E-state index is -1.26. The second-order valence-corrected chi connectivity index (χ2v) is 8.61. The molecule has 0 fully saturated rings. The molecule has 0 atom stereocenters. The highest BCUT2D eigenvalue weighted by atomic mass is 127. The van der Waals surface area contributed by atoms with Gasteiger partial charge < -0.3 is 18.9 Å². The molecule has 2 aliphatic rings. The summed E-state index contributed by atoms with van der Waals surface area (Å²) in [6.07, 6.45) is 0. The van der Waals surface area contributed by atoms with E-state index >= 15 is 0 Å². The molecule has 0 aliphatic carbocycles. The number of carbonyl (C=O) groups is 3. The Morgan fingerprint density at radius 3 is 1.88 bits per heavy atom. The first-order valence-corrected chi connectivity index (χ1v) is 10.7. The van der Waals surface area contributed by atoms with Gasteiger partial charge in [0.2, 0.25) is 0 Å². The van der Waals surface area contributed by atoms with E-state index in [9.17, 15) is 14.4 Å². The summed E-state index contributed by atoms with van der Waals surface area (Å²) in [7, 11) is 0. The quantitative estimate of drug-likeness (QED) is 0.263.